The maximum absolute atomic E-state index is 11.5. The minimum absolute atomic E-state index is 0.0191. The molecule has 2 saturated heterocycles. The Morgan fingerprint density at radius 3 is 2.61 bits per heavy atom. The van der Waals surface area contributed by atoms with Gasteiger partial charge in [-0.1, -0.05) is 0 Å². The van der Waals surface area contributed by atoms with Crippen molar-refractivity contribution in [2.24, 2.45) is 0 Å². The number of ketones is 1. The molecule has 0 aliphatic carbocycles. The average Bonchev–Trinajstić information content (AvgIpc) is 2.68. The lowest BCUT2D eigenvalue weighted by Crippen LogP contribution is -2.42. The van der Waals surface area contributed by atoms with Crippen LogP contribution in [-0.2, 0) is 4.74 Å². The summed E-state index contributed by atoms with van der Waals surface area (Å²) in [6.07, 6.45) is 3.00. The van der Waals surface area contributed by atoms with Crippen LogP contribution in [0.4, 0.5) is 11.4 Å². The fraction of sp³-hybridized carbons (Fsp3) is 0.500. The first kappa shape index (κ1) is 11.5. The van der Waals surface area contributed by atoms with Crippen molar-refractivity contribution in [3.05, 3.63) is 23.8 Å². The van der Waals surface area contributed by atoms with Crippen LogP contribution in [0, 0.1) is 0 Å². The van der Waals surface area contributed by atoms with E-state index in [0.717, 1.165) is 31.6 Å². The van der Waals surface area contributed by atoms with E-state index in [9.17, 15) is 4.79 Å². The Hall–Kier alpha value is -1.55. The second kappa shape index (κ2) is 4.28. The molecule has 0 saturated carbocycles. The lowest BCUT2D eigenvalue weighted by Gasteiger charge is -2.34. The molecule has 2 bridgehead atoms. The van der Waals surface area contributed by atoms with Crippen molar-refractivity contribution in [1.29, 1.82) is 0 Å². The van der Waals surface area contributed by atoms with Gasteiger partial charge in [-0.15, -0.1) is 0 Å². The lowest BCUT2D eigenvalue weighted by molar-refractivity contribution is 0.0305. The van der Waals surface area contributed by atoms with Crippen LogP contribution in [0.5, 0.6) is 0 Å². The van der Waals surface area contributed by atoms with Gasteiger partial charge in [-0.25, -0.2) is 0 Å². The second-order valence-corrected chi connectivity index (χ2v) is 5.19. The average molecular weight is 246 g/mol. The van der Waals surface area contributed by atoms with Gasteiger partial charge in [-0.2, -0.15) is 0 Å². The maximum atomic E-state index is 11.5. The van der Waals surface area contributed by atoms with E-state index in [2.05, 4.69) is 4.90 Å². The number of hydrogen-bond acceptors (Lipinski definition) is 4. The fourth-order valence-corrected chi connectivity index (χ4v) is 2.87. The number of carbonyl (C=O) groups excluding carboxylic acids is 1. The molecule has 0 aromatic heterocycles. The predicted molar refractivity (Wildman–Crippen MR) is 71.0 cm³/mol. The monoisotopic (exact) mass is 246 g/mol. The summed E-state index contributed by atoms with van der Waals surface area (Å²) in [7, 11) is 0. The van der Waals surface area contributed by atoms with E-state index in [1.54, 1.807) is 6.92 Å². The maximum Gasteiger partial charge on any atom is 0.161 e. The van der Waals surface area contributed by atoms with Crippen molar-refractivity contribution in [1.82, 2.24) is 0 Å². The molecule has 2 heterocycles. The van der Waals surface area contributed by atoms with Crippen LogP contribution in [0.2, 0.25) is 0 Å². The summed E-state index contributed by atoms with van der Waals surface area (Å²) < 4.78 is 5.82. The molecule has 1 aromatic rings. The quantitative estimate of drug-likeness (QED) is 0.639. The normalized spacial score (nSPS) is 26.4. The van der Waals surface area contributed by atoms with E-state index in [1.165, 1.54) is 0 Å². The highest BCUT2D eigenvalue weighted by Crippen LogP contribution is 2.31. The summed E-state index contributed by atoms with van der Waals surface area (Å²) in [6, 6.07) is 5.72. The van der Waals surface area contributed by atoms with Crippen molar-refractivity contribution in [2.45, 2.75) is 32.0 Å². The minimum Gasteiger partial charge on any atom is -0.398 e. The first-order chi connectivity index (χ1) is 8.63. The fourth-order valence-electron chi connectivity index (χ4n) is 2.87. The first-order valence-corrected chi connectivity index (χ1v) is 6.44. The number of morpholine rings is 1. The van der Waals surface area contributed by atoms with Crippen LogP contribution in [-0.4, -0.2) is 31.1 Å². The second-order valence-electron chi connectivity index (χ2n) is 5.19. The Morgan fingerprint density at radius 1 is 1.33 bits per heavy atom. The SMILES string of the molecule is CC(=O)c1cc(N2CC3CCC(C2)O3)ccc1N. The van der Waals surface area contributed by atoms with Gasteiger partial charge in [0.05, 0.1) is 12.2 Å². The van der Waals surface area contributed by atoms with Crippen LogP contribution in [0.25, 0.3) is 0 Å². The van der Waals surface area contributed by atoms with Crippen LogP contribution in [0.1, 0.15) is 30.1 Å². The number of carbonyl (C=O) groups is 1. The van der Waals surface area contributed by atoms with Gasteiger partial charge in [0.1, 0.15) is 0 Å². The summed E-state index contributed by atoms with van der Waals surface area (Å²) in [5.74, 6) is 0.0191. The van der Waals surface area contributed by atoms with Gasteiger partial charge in [-0.3, -0.25) is 4.79 Å². The van der Waals surface area contributed by atoms with Gasteiger partial charge < -0.3 is 15.4 Å². The molecule has 2 aliphatic rings. The van der Waals surface area contributed by atoms with Crippen molar-refractivity contribution >= 4 is 17.2 Å². The molecule has 18 heavy (non-hydrogen) atoms. The van der Waals surface area contributed by atoms with Crippen LogP contribution >= 0.6 is 0 Å². The van der Waals surface area contributed by atoms with E-state index in [-0.39, 0.29) is 5.78 Å². The number of anilines is 2. The number of fused-ring (bicyclic) bond motifs is 2. The number of rotatable bonds is 2. The molecule has 2 unspecified atom stereocenters. The number of hydrogen-bond donors (Lipinski definition) is 1. The van der Waals surface area contributed by atoms with E-state index in [4.69, 9.17) is 10.5 Å². The standard InChI is InChI=1S/C14H18N2O2/c1-9(17)13-6-10(2-5-14(13)15)16-7-11-3-4-12(8-16)18-11/h2,5-6,11-12H,3-4,7-8,15H2,1H3. The van der Waals surface area contributed by atoms with E-state index < -0.39 is 0 Å². The molecule has 0 amide bonds. The Labute approximate surface area is 107 Å². The molecule has 2 fully saturated rings. The molecule has 0 spiro atoms. The number of nitrogen functional groups attached to an aromatic ring is 1. The van der Waals surface area contributed by atoms with E-state index in [1.807, 2.05) is 18.2 Å². The third-order valence-electron chi connectivity index (χ3n) is 3.82. The molecule has 4 heteroatoms. The molecule has 2 atom stereocenters. The van der Waals surface area contributed by atoms with Gasteiger partial charge in [0.15, 0.2) is 5.78 Å². The Bertz CT molecular complexity index is 475. The zero-order valence-electron chi connectivity index (χ0n) is 10.6. The summed E-state index contributed by atoms with van der Waals surface area (Å²) in [4.78, 5) is 13.8. The van der Waals surface area contributed by atoms with Gasteiger partial charge in [-0.05, 0) is 38.0 Å². The third-order valence-corrected chi connectivity index (χ3v) is 3.82. The summed E-state index contributed by atoms with van der Waals surface area (Å²) in [6.45, 7) is 3.38. The molecule has 3 rings (SSSR count). The van der Waals surface area contributed by atoms with Gasteiger partial charge >= 0.3 is 0 Å². The van der Waals surface area contributed by atoms with Crippen molar-refractivity contribution < 1.29 is 9.53 Å². The summed E-state index contributed by atoms with van der Waals surface area (Å²) >= 11 is 0. The van der Waals surface area contributed by atoms with Crippen molar-refractivity contribution in [2.75, 3.05) is 23.7 Å². The smallest absolute Gasteiger partial charge is 0.161 e. The van der Waals surface area contributed by atoms with Gasteiger partial charge in [0, 0.05) is 30.0 Å². The Morgan fingerprint density at radius 2 is 2.00 bits per heavy atom. The number of nitrogens with zero attached hydrogens (tertiary/aromatic N) is 1. The van der Waals surface area contributed by atoms with Gasteiger partial charge in [0.2, 0.25) is 0 Å². The Kier molecular flexibility index (Phi) is 2.74. The molecule has 96 valence electrons. The summed E-state index contributed by atoms with van der Waals surface area (Å²) in [5, 5.41) is 0. The zero-order chi connectivity index (χ0) is 12.7. The molecule has 2 aliphatic heterocycles. The molecule has 0 radical (unpaired) electrons. The molecular weight excluding hydrogens is 228 g/mol. The van der Waals surface area contributed by atoms with Crippen LogP contribution < -0.4 is 10.6 Å². The van der Waals surface area contributed by atoms with Crippen LogP contribution in [0.15, 0.2) is 18.2 Å². The molecule has 4 nitrogen and oxygen atoms in total. The predicted octanol–water partition coefficient (Wildman–Crippen LogP) is 1.84. The van der Waals surface area contributed by atoms with Gasteiger partial charge in [0.25, 0.3) is 0 Å². The number of ether oxygens (including phenoxy) is 1. The number of benzene rings is 1. The van der Waals surface area contributed by atoms with Crippen molar-refractivity contribution in [3.63, 3.8) is 0 Å². The van der Waals surface area contributed by atoms with Crippen LogP contribution in [0.3, 0.4) is 0 Å². The molecule has 1 aromatic carbocycles. The molecular formula is C14H18N2O2. The first-order valence-electron chi connectivity index (χ1n) is 6.44. The van der Waals surface area contributed by atoms with Crippen molar-refractivity contribution in [3.8, 4) is 0 Å². The highest BCUT2D eigenvalue weighted by molar-refractivity contribution is 6.00. The topological polar surface area (TPSA) is 55.6 Å². The number of Topliss-reactive ketones (excluding diaryl/α,β-unsaturated/α-hetero) is 1. The molecule has 2 N–H and O–H groups in total. The number of nitrogens with two attached hydrogens (primary N) is 1. The summed E-state index contributed by atoms with van der Waals surface area (Å²) in [5.41, 5.74) is 8.08. The third kappa shape index (κ3) is 1.97. The highest BCUT2D eigenvalue weighted by Gasteiger charge is 2.33. The lowest BCUT2D eigenvalue weighted by atomic mass is 10.1. The largest absolute Gasteiger partial charge is 0.398 e. The zero-order valence-corrected chi connectivity index (χ0v) is 10.6. The minimum atomic E-state index is 0.0191. The Balaban J connectivity index is 1.88. The van der Waals surface area contributed by atoms with E-state index >= 15 is 0 Å². The highest BCUT2D eigenvalue weighted by atomic mass is 16.5. The van der Waals surface area contributed by atoms with E-state index in [0.29, 0.717) is 23.5 Å².